The highest BCUT2D eigenvalue weighted by Gasteiger charge is 2.26. The van der Waals surface area contributed by atoms with Gasteiger partial charge in [0.05, 0.1) is 12.6 Å². The minimum atomic E-state index is 0.0188. The van der Waals surface area contributed by atoms with Crippen molar-refractivity contribution in [3.8, 4) is 11.4 Å². The Hall–Kier alpha value is -3.10. The Morgan fingerprint density at radius 3 is 2.71 bits per heavy atom. The van der Waals surface area contributed by atoms with E-state index in [4.69, 9.17) is 4.52 Å². The van der Waals surface area contributed by atoms with Crippen LogP contribution >= 0.6 is 0 Å². The number of anilines is 1. The zero-order valence-electron chi connectivity index (χ0n) is 18.0. The summed E-state index contributed by atoms with van der Waals surface area (Å²) < 4.78 is 5.51. The monoisotopic (exact) mass is 420 g/mol. The smallest absolute Gasteiger partial charge is 0.244 e. The number of aryl methyl sites for hydroxylation is 1. The van der Waals surface area contributed by atoms with Crippen LogP contribution in [-0.2, 0) is 11.2 Å². The summed E-state index contributed by atoms with van der Waals surface area (Å²) in [7, 11) is 0. The van der Waals surface area contributed by atoms with Gasteiger partial charge in [0.1, 0.15) is 0 Å². The molecule has 0 saturated carbocycles. The fraction of sp³-hybridized carbons (Fsp3) is 0.391. The lowest BCUT2D eigenvalue weighted by atomic mass is 10.1. The number of carbonyl (C=O) groups excluding carboxylic acids is 1. The van der Waals surface area contributed by atoms with Crippen molar-refractivity contribution >= 4 is 11.6 Å². The molecule has 0 radical (unpaired) electrons. The molecule has 1 aliphatic rings. The van der Waals surface area contributed by atoms with Crippen molar-refractivity contribution in [3.63, 3.8) is 0 Å². The number of carbonyl (C=O) groups is 1. The number of nitrogens with one attached hydrogen (secondary N) is 1. The number of pyridine rings is 1. The van der Waals surface area contributed by atoms with Gasteiger partial charge in [0.2, 0.25) is 17.6 Å². The molecular formula is C23H28N6O2. The fourth-order valence-corrected chi connectivity index (χ4v) is 3.83. The maximum Gasteiger partial charge on any atom is 0.244 e. The molecule has 1 N–H and O–H groups in total. The van der Waals surface area contributed by atoms with Crippen LogP contribution in [0.3, 0.4) is 0 Å². The van der Waals surface area contributed by atoms with E-state index in [0.29, 0.717) is 18.3 Å². The summed E-state index contributed by atoms with van der Waals surface area (Å²) in [6.45, 7) is 7.87. The number of piperazine rings is 1. The molecule has 8 heteroatoms. The lowest BCUT2D eigenvalue weighted by Crippen LogP contribution is -2.49. The minimum Gasteiger partial charge on any atom is -0.337 e. The molecule has 31 heavy (non-hydrogen) atoms. The predicted molar refractivity (Wildman–Crippen MR) is 118 cm³/mol. The topological polar surface area (TPSA) is 87.4 Å². The lowest BCUT2D eigenvalue weighted by molar-refractivity contribution is -0.117. The van der Waals surface area contributed by atoms with Gasteiger partial charge in [-0.3, -0.25) is 19.6 Å². The van der Waals surface area contributed by atoms with Crippen LogP contribution in [0.2, 0.25) is 0 Å². The normalized spacial score (nSPS) is 16.2. The van der Waals surface area contributed by atoms with Crippen molar-refractivity contribution in [1.29, 1.82) is 0 Å². The highest BCUT2D eigenvalue weighted by atomic mass is 16.5. The summed E-state index contributed by atoms with van der Waals surface area (Å²) >= 11 is 0. The maximum atomic E-state index is 12.5. The largest absolute Gasteiger partial charge is 0.337 e. The van der Waals surface area contributed by atoms with E-state index in [-0.39, 0.29) is 11.9 Å². The van der Waals surface area contributed by atoms with Crippen molar-refractivity contribution in [2.45, 2.75) is 26.3 Å². The number of aromatic nitrogens is 3. The van der Waals surface area contributed by atoms with Crippen LogP contribution in [0.25, 0.3) is 11.4 Å². The highest BCUT2D eigenvalue weighted by molar-refractivity contribution is 5.93. The summed E-state index contributed by atoms with van der Waals surface area (Å²) in [6, 6.07) is 11.7. The number of para-hydroxylation sites is 1. The lowest BCUT2D eigenvalue weighted by Gasteiger charge is -2.36. The molecule has 3 heterocycles. The van der Waals surface area contributed by atoms with E-state index < -0.39 is 0 Å². The Bertz CT molecular complexity index is 998. The molecule has 1 unspecified atom stereocenters. The second-order valence-electron chi connectivity index (χ2n) is 7.74. The number of nitrogens with zero attached hydrogens (tertiary/aromatic N) is 5. The van der Waals surface area contributed by atoms with Gasteiger partial charge >= 0.3 is 0 Å². The van der Waals surface area contributed by atoms with Crippen LogP contribution in [0.1, 0.15) is 31.3 Å². The van der Waals surface area contributed by atoms with Crippen LogP contribution in [0.4, 0.5) is 5.69 Å². The van der Waals surface area contributed by atoms with E-state index in [1.165, 1.54) is 0 Å². The van der Waals surface area contributed by atoms with E-state index in [1.807, 2.05) is 36.4 Å². The molecule has 162 valence electrons. The third-order valence-electron chi connectivity index (χ3n) is 5.71. The molecule has 0 spiro atoms. The minimum absolute atomic E-state index is 0.0188. The van der Waals surface area contributed by atoms with Crippen molar-refractivity contribution in [2.75, 3.05) is 38.0 Å². The second-order valence-corrected chi connectivity index (χ2v) is 7.74. The zero-order valence-corrected chi connectivity index (χ0v) is 18.0. The second kappa shape index (κ2) is 9.80. The van der Waals surface area contributed by atoms with Gasteiger partial charge < -0.3 is 9.84 Å². The molecule has 0 aliphatic carbocycles. The average Bonchev–Trinajstić information content (AvgIpc) is 3.30. The fourth-order valence-electron chi connectivity index (χ4n) is 3.83. The Morgan fingerprint density at radius 2 is 1.97 bits per heavy atom. The van der Waals surface area contributed by atoms with Gasteiger partial charge in [0.15, 0.2) is 0 Å². The number of hydrogen-bond acceptors (Lipinski definition) is 7. The first-order valence-electron chi connectivity index (χ1n) is 10.7. The van der Waals surface area contributed by atoms with Crippen LogP contribution in [-0.4, -0.2) is 63.6 Å². The standard InChI is InChI=1S/C23H28N6O2/c1-3-18-7-4-5-9-20(18)25-21(30)16-28-11-13-29(14-12-28)17(2)23-26-22(27-31-23)19-8-6-10-24-15-19/h4-10,15,17H,3,11-14,16H2,1-2H3,(H,25,30). The Balaban J connectivity index is 1.28. The van der Waals surface area contributed by atoms with Crippen molar-refractivity contribution in [2.24, 2.45) is 0 Å². The number of benzene rings is 1. The number of hydrogen-bond donors (Lipinski definition) is 1. The molecule has 1 amide bonds. The molecule has 1 saturated heterocycles. The summed E-state index contributed by atoms with van der Waals surface area (Å²) in [4.78, 5) is 25.7. The molecule has 1 fully saturated rings. The van der Waals surface area contributed by atoms with Gasteiger partial charge in [-0.2, -0.15) is 4.98 Å². The van der Waals surface area contributed by atoms with Crippen molar-refractivity contribution in [1.82, 2.24) is 24.9 Å². The molecule has 4 rings (SSSR count). The maximum absolute atomic E-state index is 12.5. The van der Waals surface area contributed by atoms with Gasteiger partial charge in [-0.25, -0.2) is 0 Å². The molecule has 1 aromatic carbocycles. The Morgan fingerprint density at radius 1 is 1.16 bits per heavy atom. The van der Waals surface area contributed by atoms with Gasteiger partial charge in [-0.05, 0) is 37.1 Å². The first-order valence-corrected chi connectivity index (χ1v) is 10.7. The van der Waals surface area contributed by atoms with Crippen LogP contribution in [0, 0.1) is 0 Å². The quantitative estimate of drug-likeness (QED) is 0.629. The first-order chi connectivity index (χ1) is 15.1. The molecular weight excluding hydrogens is 392 g/mol. The highest BCUT2D eigenvalue weighted by Crippen LogP contribution is 2.23. The summed E-state index contributed by atoms with van der Waals surface area (Å²) in [5.41, 5.74) is 2.90. The van der Waals surface area contributed by atoms with Crippen LogP contribution < -0.4 is 5.32 Å². The Kier molecular flexibility index (Phi) is 6.69. The zero-order chi connectivity index (χ0) is 21.6. The summed E-state index contributed by atoms with van der Waals surface area (Å²) in [6.07, 6.45) is 4.34. The molecule has 1 atom stereocenters. The van der Waals surface area contributed by atoms with E-state index in [2.05, 4.69) is 44.1 Å². The molecule has 3 aromatic rings. The number of rotatable bonds is 7. The average molecular weight is 421 g/mol. The SMILES string of the molecule is CCc1ccccc1NC(=O)CN1CCN(C(C)c2nc(-c3cccnc3)no2)CC1. The summed E-state index contributed by atoms with van der Waals surface area (Å²) in [5.74, 6) is 1.18. The van der Waals surface area contributed by atoms with Crippen molar-refractivity contribution < 1.29 is 9.32 Å². The van der Waals surface area contributed by atoms with Gasteiger partial charge in [-0.1, -0.05) is 30.3 Å². The van der Waals surface area contributed by atoms with Gasteiger partial charge in [0, 0.05) is 49.8 Å². The van der Waals surface area contributed by atoms with E-state index in [1.54, 1.807) is 12.4 Å². The molecule has 1 aliphatic heterocycles. The van der Waals surface area contributed by atoms with Gasteiger partial charge in [-0.15, -0.1) is 0 Å². The van der Waals surface area contributed by atoms with E-state index in [0.717, 1.165) is 49.4 Å². The molecule has 8 nitrogen and oxygen atoms in total. The Labute approximate surface area is 182 Å². The predicted octanol–water partition coefficient (Wildman–Crippen LogP) is 3.01. The van der Waals surface area contributed by atoms with Crippen LogP contribution in [0.5, 0.6) is 0 Å². The van der Waals surface area contributed by atoms with E-state index in [9.17, 15) is 4.79 Å². The van der Waals surface area contributed by atoms with Crippen LogP contribution in [0.15, 0.2) is 53.3 Å². The molecule has 2 aromatic heterocycles. The van der Waals surface area contributed by atoms with E-state index >= 15 is 0 Å². The van der Waals surface area contributed by atoms with Crippen molar-refractivity contribution in [3.05, 3.63) is 60.2 Å². The van der Waals surface area contributed by atoms with Gasteiger partial charge in [0.25, 0.3) is 0 Å². The number of amides is 1. The first kappa shape index (κ1) is 21.1. The third-order valence-corrected chi connectivity index (χ3v) is 5.71. The molecule has 0 bridgehead atoms. The third kappa shape index (κ3) is 5.15. The summed E-state index contributed by atoms with van der Waals surface area (Å²) in [5, 5.41) is 7.15.